The highest BCUT2D eigenvalue weighted by Crippen LogP contribution is 2.25. The molecule has 3 N–H and O–H groups in total. The molecule has 2 unspecified atom stereocenters. The van der Waals surface area contributed by atoms with Crippen molar-refractivity contribution in [3.8, 4) is 0 Å². The van der Waals surface area contributed by atoms with Crippen molar-refractivity contribution in [1.29, 1.82) is 0 Å². The maximum Gasteiger partial charge on any atom is 0.317 e. The van der Waals surface area contributed by atoms with Gasteiger partial charge < -0.3 is 20.4 Å². The van der Waals surface area contributed by atoms with Crippen molar-refractivity contribution in [2.24, 2.45) is 5.92 Å². The second-order valence-corrected chi connectivity index (χ2v) is 6.62. The van der Waals surface area contributed by atoms with Gasteiger partial charge >= 0.3 is 12.0 Å². The van der Waals surface area contributed by atoms with Crippen LogP contribution in [-0.4, -0.2) is 51.8 Å². The Balaban J connectivity index is 1.92. The SMILES string of the molecule is CC1(O)CCN(C(=O)NC2CCCCCC2C(=O)O)CC1. The number of hydrogen-bond acceptors (Lipinski definition) is 3. The van der Waals surface area contributed by atoms with Crippen LogP contribution in [0.3, 0.4) is 0 Å². The van der Waals surface area contributed by atoms with Crippen molar-refractivity contribution in [3.63, 3.8) is 0 Å². The molecule has 0 radical (unpaired) electrons. The molecule has 120 valence electrons. The summed E-state index contributed by atoms with van der Waals surface area (Å²) in [7, 11) is 0. The van der Waals surface area contributed by atoms with E-state index in [1.54, 1.807) is 11.8 Å². The number of hydrogen-bond donors (Lipinski definition) is 3. The minimum absolute atomic E-state index is 0.191. The van der Waals surface area contributed by atoms with Crippen LogP contribution in [0.5, 0.6) is 0 Å². The maximum atomic E-state index is 12.3. The third-order valence-electron chi connectivity index (χ3n) is 4.77. The normalized spacial score (nSPS) is 29.5. The Morgan fingerprint density at radius 1 is 1.14 bits per heavy atom. The molecule has 1 aliphatic carbocycles. The van der Waals surface area contributed by atoms with E-state index in [1.807, 2.05) is 0 Å². The van der Waals surface area contributed by atoms with Crippen molar-refractivity contribution in [3.05, 3.63) is 0 Å². The van der Waals surface area contributed by atoms with Crippen LogP contribution in [0.2, 0.25) is 0 Å². The number of piperidine rings is 1. The summed E-state index contributed by atoms with van der Waals surface area (Å²) in [6.45, 7) is 2.82. The van der Waals surface area contributed by atoms with E-state index in [4.69, 9.17) is 0 Å². The van der Waals surface area contributed by atoms with Gasteiger partial charge in [0, 0.05) is 19.1 Å². The van der Waals surface area contributed by atoms with Gasteiger partial charge in [0.05, 0.1) is 11.5 Å². The Morgan fingerprint density at radius 2 is 1.76 bits per heavy atom. The third kappa shape index (κ3) is 4.33. The van der Waals surface area contributed by atoms with E-state index in [0.29, 0.717) is 32.4 Å². The number of carbonyl (C=O) groups is 2. The van der Waals surface area contributed by atoms with Crippen LogP contribution < -0.4 is 5.32 Å². The molecule has 21 heavy (non-hydrogen) atoms. The zero-order valence-electron chi connectivity index (χ0n) is 12.7. The van der Waals surface area contributed by atoms with Gasteiger partial charge in [0.15, 0.2) is 0 Å². The molecule has 2 amide bonds. The molecular formula is C15H26N2O4. The van der Waals surface area contributed by atoms with Crippen molar-refractivity contribution < 1.29 is 19.8 Å². The van der Waals surface area contributed by atoms with Gasteiger partial charge in [0.1, 0.15) is 0 Å². The van der Waals surface area contributed by atoms with Crippen LogP contribution in [0.1, 0.15) is 51.9 Å². The molecule has 2 atom stereocenters. The van der Waals surface area contributed by atoms with E-state index < -0.39 is 17.5 Å². The first kappa shape index (κ1) is 16.1. The number of aliphatic hydroxyl groups is 1. The van der Waals surface area contributed by atoms with Crippen LogP contribution in [0, 0.1) is 5.92 Å². The molecule has 0 aromatic carbocycles. The fraction of sp³-hybridized carbons (Fsp3) is 0.867. The van der Waals surface area contributed by atoms with Gasteiger partial charge in [0.25, 0.3) is 0 Å². The van der Waals surface area contributed by atoms with Crippen LogP contribution in [0.25, 0.3) is 0 Å². The summed E-state index contributed by atoms with van der Waals surface area (Å²) < 4.78 is 0. The van der Waals surface area contributed by atoms with E-state index in [0.717, 1.165) is 25.7 Å². The van der Waals surface area contributed by atoms with Gasteiger partial charge in [-0.25, -0.2) is 4.79 Å². The summed E-state index contributed by atoms with van der Waals surface area (Å²) in [5.74, 6) is -1.30. The largest absolute Gasteiger partial charge is 0.481 e. The molecular weight excluding hydrogens is 272 g/mol. The molecule has 1 saturated heterocycles. The molecule has 1 heterocycles. The molecule has 1 aliphatic heterocycles. The predicted molar refractivity (Wildman–Crippen MR) is 78.0 cm³/mol. The highest BCUT2D eigenvalue weighted by molar-refractivity contribution is 5.77. The smallest absolute Gasteiger partial charge is 0.317 e. The Kier molecular flexibility index (Phi) is 5.08. The summed E-state index contributed by atoms with van der Waals surface area (Å²) in [5.41, 5.74) is -0.692. The average Bonchev–Trinajstić information content (AvgIpc) is 2.64. The lowest BCUT2D eigenvalue weighted by atomic mass is 9.93. The Labute approximate surface area is 125 Å². The molecule has 1 saturated carbocycles. The van der Waals surface area contributed by atoms with Gasteiger partial charge in [-0.05, 0) is 32.6 Å². The van der Waals surface area contributed by atoms with Gasteiger partial charge in [0.2, 0.25) is 0 Å². The van der Waals surface area contributed by atoms with E-state index in [9.17, 15) is 19.8 Å². The number of likely N-dealkylation sites (tertiary alicyclic amines) is 1. The van der Waals surface area contributed by atoms with Crippen molar-refractivity contribution in [2.45, 2.75) is 63.5 Å². The number of carboxylic acid groups (broad SMARTS) is 1. The maximum absolute atomic E-state index is 12.3. The van der Waals surface area contributed by atoms with Gasteiger partial charge in [-0.15, -0.1) is 0 Å². The topological polar surface area (TPSA) is 89.9 Å². The lowest BCUT2D eigenvalue weighted by Gasteiger charge is -2.36. The molecule has 0 bridgehead atoms. The number of urea groups is 1. The lowest BCUT2D eigenvalue weighted by molar-refractivity contribution is -0.142. The first-order valence-corrected chi connectivity index (χ1v) is 7.90. The Morgan fingerprint density at radius 3 is 2.38 bits per heavy atom. The highest BCUT2D eigenvalue weighted by atomic mass is 16.4. The van der Waals surface area contributed by atoms with Crippen LogP contribution in [0.15, 0.2) is 0 Å². The van der Waals surface area contributed by atoms with Crippen LogP contribution >= 0.6 is 0 Å². The number of aliphatic carboxylic acids is 1. The van der Waals surface area contributed by atoms with E-state index >= 15 is 0 Å². The Bertz CT molecular complexity index is 387. The third-order valence-corrected chi connectivity index (χ3v) is 4.77. The number of rotatable bonds is 2. The van der Waals surface area contributed by atoms with Gasteiger partial charge in [-0.3, -0.25) is 4.79 Å². The second kappa shape index (κ2) is 6.64. The summed E-state index contributed by atoms with van der Waals surface area (Å²) in [6.07, 6.45) is 5.40. The number of carbonyl (C=O) groups excluding carboxylic acids is 1. The summed E-state index contributed by atoms with van der Waals surface area (Å²) in [4.78, 5) is 25.3. The molecule has 2 fully saturated rings. The molecule has 0 aromatic heterocycles. The van der Waals surface area contributed by atoms with E-state index in [2.05, 4.69) is 5.32 Å². The summed E-state index contributed by atoms with van der Waals surface area (Å²) in [6, 6.07) is -0.469. The summed E-state index contributed by atoms with van der Waals surface area (Å²) in [5, 5.41) is 22.2. The molecule has 6 heteroatoms. The molecule has 2 aliphatic rings. The molecule has 6 nitrogen and oxygen atoms in total. The number of nitrogens with zero attached hydrogens (tertiary/aromatic N) is 1. The monoisotopic (exact) mass is 298 g/mol. The molecule has 0 spiro atoms. The minimum atomic E-state index is -0.816. The quantitative estimate of drug-likeness (QED) is 0.675. The van der Waals surface area contributed by atoms with Crippen LogP contribution in [-0.2, 0) is 4.79 Å². The second-order valence-electron chi connectivity index (χ2n) is 6.62. The lowest BCUT2D eigenvalue weighted by Crippen LogP contribution is -2.53. The fourth-order valence-electron chi connectivity index (χ4n) is 3.22. The Hall–Kier alpha value is -1.30. The first-order valence-electron chi connectivity index (χ1n) is 7.90. The zero-order valence-corrected chi connectivity index (χ0v) is 12.7. The fourth-order valence-corrected chi connectivity index (χ4v) is 3.22. The number of amides is 2. The van der Waals surface area contributed by atoms with Crippen molar-refractivity contribution in [1.82, 2.24) is 10.2 Å². The van der Waals surface area contributed by atoms with Crippen molar-refractivity contribution >= 4 is 12.0 Å². The van der Waals surface area contributed by atoms with E-state index in [1.165, 1.54) is 0 Å². The van der Waals surface area contributed by atoms with Crippen LogP contribution in [0.4, 0.5) is 4.79 Å². The number of carboxylic acids is 1. The standard InChI is InChI=1S/C15H26N2O4/c1-15(21)7-9-17(10-8-15)14(20)16-12-6-4-2-3-5-11(12)13(18)19/h11-12,21H,2-10H2,1H3,(H,16,20)(H,18,19). The van der Waals surface area contributed by atoms with E-state index in [-0.39, 0.29) is 12.1 Å². The predicted octanol–water partition coefficient (Wildman–Crippen LogP) is 1.58. The van der Waals surface area contributed by atoms with Crippen molar-refractivity contribution in [2.75, 3.05) is 13.1 Å². The molecule has 0 aromatic rings. The molecule has 2 rings (SSSR count). The zero-order chi connectivity index (χ0) is 15.5. The minimum Gasteiger partial charge on any atom is -0.481 e. The van der Waals surface area contributed by atoms with Gasteiger partial charge in [-0.1, -0.05) is 19.3 Å². The number of nitrogens with one attached hydrogen (secondary N) is 1. The highest BCUT2D eigenvalue weighted by Gasteiger charge is 2.34. The first-order chi connectivity index (χ1) is 9.89. The average molecular weight is 298 g/mol. The van der Waals surface area contributed by atoms with Gasteiger partial charge in [-0.2, -0.15) is 0 Å². The summed E-state index contributed by atoms with van der Waals surface area (Å²) >= 11 is 0.